The molecule has 0 saturated heterocycles. The topological polar surface area (TPSA) is 78.6 Å². The number of rotatable bonds is 3. The average Bonchev–Trinajstić information content (AvgIpc) is 3.01. The SMILES string of the molecule is Cc1ccc(S(=O)(=O)C2C(N)C2c2ccc3c(c2)OCO3)cc1. The summed E-state index contributed by atoms with van der Waals surface area (Å²) in [6.07, 6.45) is 0. The summed E-state index contributed by atoms with van der Waals surface area (Å²) in [6, 6.07) is 12.0. The van der Waals surface area contributed by atoms with Crippen molar-refractivity contribution in [3.8, 4) is 11.5 Å². The Balaban J connectivity index is 1.65. The average molecular weight is 331 g/mol. The van der Waals surface area contributed by atoms with Gasteiger partial charge in [0.05, 0.1) is 10.1 Å². The molecule has 2 aliphatic rings. The number of aryl methyl sites for hydroxylation is 1. The molecule has 5 nitrogen and oxygen atoms in total. The van der Waals surface area contributed by atoms with Crippen LogP contribution in [0.15, 0.2) is 47.4 Å². The van der Waals surface area contributed by atoms with Crippen LogP contribution in [0.4, 0.5) is 0 Å². The molecule has 6 heteroatoms. The highest BCUT2D eigenvalue weighted by Gasteiger charge is 2.57. The predicted octanol–water partition coefficient (Wildman–Crippen LogP) is 1.99. The number of fused-ring (bicyclic) bond motifs is 1. The number of hydrogen-bond acceptors (Lipinski definition) is 5. The quantitative estimate of drug-likeness (QED) is 0.930. The van der Waals surface area contributed by atoms with E-state index in [9.17, 15) is 8.42 Å². The fourth-order valence-corrected chi connectivity index (χ4v) is 5.17. The minimum Gasteiger partial charge on any atom is -0.454 e. The maximum absolute atomic E-state index is 12.8. The van der Waals surface area contributed by atoms with E-state index in [0.29, 0.717) is 16.4 Å². The van der Waals surface area contributed by atoms with Gasteiger partial charge in [-0.1, -0.05) is 23.8 Å². The van der Waals surface area contributed by atoms with Crippen LogP contribution in [0.25, 0.3) is 0 Å². The van der Waals surface area contributed by atoms with E-state index in [0.717, 1.165) is 11.1 Å². The van der Waals surface area contributed by atoms with Gasteiger partial charge in [0.1, 0.15) is 0 Å². The van der Waals surface area contributed by atoms with Crippen LogP contribution >= 0.6 is 0 Å². The van der Waals surface area contributed by atoms with Gasteiger partial charge in [0, 0.05) is 12.0 Å². The zero-order valence-electron chi connectivity index (χ0n) is 12.6. The minimum absolute atomic E-state index is 0.195. The number of benzene rings is 2. The molecule has 1 aliphatic heterocycles. The summed E-state index contributed by atoms with van der Waals surface area (Å²) < 4.78 is 36.2. The van der Waals surface area contributed by atoms with Gasteiger partial charge in [0.15, 0.2) is 21.3 Å². The molecule has 23 heavy (non-hydrogen) atoms. The first-order valence-corrected chi connectivity index (χ1v) is 8.99. The van der Waals surface area contributed by atoms with Crippen LogP contribution in [0, 0.1) is 6.92 Å². The highest BCUT2D eigenvalue weighted by Crippen LogP contribution is 2.49. The van der Waals surface area contributed by atoms with E-state index in [-0.39, 0.29) is 12.7 Å². The molecule has 1 fully saturated rings. The van der Waals surface area contributed by atoms with Gasteiger partial charge >= 0.3 is 0 Å². The van der Waals surface area contributed by atoms with E-state index in [1.165, 1.54) is 0 Å². The Kier molecular flexibility index (Phi) is 3.14. The Hall–Kier alpha value is -2.05. The van der Waals surface area contributed by atoms with Crippen molar-refractivity contribution in [1.29, 1.82) is 0 Å². The van der Waals surface area contributed by atoms with E-state index in [1.807, 2.05) is 19.1 Å². The second-order valence-corrected chi connectivity index (χ2v) is 8.14. The van der Waals surface area contributed by atoms with Gasteiger partial charge in [-0.3, -0.25) is 0 Å². The molecule has 0 amide bonds. The van der Waals surface area contributed by atoms with Gasteiger partial charge < -0.3 is 15.2 Å². The lowest BCUT2D eigenvalue weighted by Gasteiger charge is -2.05. The smallest absolute Gasteiger partial charge is 0.231 e. The molecular weight excluding hydrogens is 314 g/mol. The molecule has 3 unspecified atom stereocenters. The van der Waals surface area contributed by atoms with Gasteiger partial charge in [-0.15, -0.1) is 0 Å². The lowest BCUT2D eigenvalue weighted by atomic mass is 10.1. The molecular formula is C17H17NO4S. The van der Waals surface area contributed by atoms with Crippen molar-refractivity contribution in [2.24, 2.45) is 5.73 Å². The molecule has 4 rings (SSSR count). The molecule has 3 atom stereocenters. The normalized spacial score (nSPS) is 25.4. The van der Waals surface area contributed by atoms with Gasteiger partial charge in [-0.25, -0.2) is 8.42 Å². The summed E-state index contributed by atoms with van der Waals surface area (Å²) in [6.45, 7) is 2.12. The number of ether oxygens (including phenoxy) is 2. The van der Waals surface area contributed by atoms with E-state index >= 15 is 0 Å². The summed E-state index contributed by atoms with van der Waals surface area (Å²) >= 11 is 0. The van der Waals surface area contributed by atoms with Crippen LogP contribution < -0.4 is 15.2 Å². The predicted molar refractivity (Wildman–Crippen MR) is 85.4 cm³/mol. The van der Waals surface area contributed by atoms with Gasteiger partial charge in [-0.2, -0.15) is 0 Å². The Bertz CT molecular complexity index is 861. The summed E-state index contributed by atoms with van der Waals surface area (Å²) in [4.78, 5) is 0.326. The van der Waals surface area contributed by atoms with Crippen molar-refractivity contribution in [2.75, 3.05) is 6.79 Å². The molecule has 0 aromatic heterocycles. The molecule has 0 radical (unpaired) electrons. The fraction of sp³-hybridized carbons (Fsp3) is 0.294. The van der Waals surface area contributed by atoms with Crippen LogP contribution in [0.5, 0.6) is 11.5 Å². The minimum atomic E-state index is -3.44. The van der Waals surface area contributed by atoms with Crippen LogP contribution in [0.3, 0.4) is 0 Å². The highest BCUT2D eigenvalue weighted by molar-refractivity contribution is 7.92. The highest BCUT2D eigenvalue weighted by atomic mass is 32.2. The first kappa shape index (κ1) is 14.5. The van der Waals surface area contributed by atoms with E-state index < -0.39 is 21.1 Å². The monoisotopic (exact) mass is 331 g/mol. The van der Waals surface area contributed by atoms with Gasteiger partial charge in [0.2, 0.25) is 6.79 Å². The maximum atomic E-state index is 12.8. The third kappa shape index (κ3) is 2.29. The zero-order valence-corrected chi connectivity index (χ0v) is 13.4. The molecule has 1 aliphatic carbocycles. The van der Waals surface area contributed by atoms with E-state index in [2.05, 4.69) is 0 Å². The van der Waals surface area contributed by atoms with Crippen molar-refractivity contribution >= 4 is 9.84 Å². The largest absolute Gasteiger partial charge is 0.454 e. The van der Waals surface area contributed by atoms with Crippen molar-refractivity contribution < 1.29 is 17.9 Å². The molecule has 2 aromatic carbocycles. The maximum Gasteiger partial charge on any atom is 0.231 e. The first-order chi connectivity index (χ1) is 11.0. The summed E-state index contributed by atoms with van der Waals surface area (Å²) in [5.74, 6) is 1.12. The summed E-state index contributed by atoms with van der Waals surface area (Å²) in [7, 11) is -3.44. The van der Waals surface area contributed by atoms with E-state index in [1.54, 1.807) is 30.3 Å². The molecule has 1 heterocycles. The third-order valence-corrected chi connectivity index (χ3v) is 6.75. The van der Waals surface area contributed by atoms with E-state index in [4.69, 9.17) is 15.2 Å². The summed E-state index contributed by atoms with van der Waals surface area (Å²) in [5, 5.41) is -0.592. The lowest BCUT2D eigenvalue weighted by Crippen LogP contribution is -2.15. The molecule has 2 N–H and O–H groups in total. The number of hydrogen-bond donors (Lipinski definition) is 1. The van der Waals surface area contributed by atoms with Crippen LogP contribution in [0.1, 0.15) is 17.0 Å². The van der Waals surface area contributed by atoms with Gasteiger partial charge in [0.25, 0.3) is 0 Å². The van der Waals surface area contributed by atoms with Crippen LogP contribution in [0.2, 0.25) is 0 Å². The molecule has 2 aromatic rings. The third-order valence-electron chi connectivity index (χ3n) is 4.50. The van der Waals surface area contributed by atoms with Crippen molar-refractivity contribution in [3.63, 3.8) is 0 Å². The van der Waals surface area contributed by atoms with Crippen LogP contribution in [-0.2, 0) is 9.84 Å². The Labute approximate surface area is 134 Å². The molecule has 120 valence electrons. The van der Waals surface area contributed by atoms with Crippen molar-refractivity contribution in [3.05, 3.63) is 53.6 Å². The fourth-order valence-electron chi connectivity index (χ4n) is 3.12. The van der Waals surface area contributed by atoms with Crippen LogP contribution in [-0.4, -0.2) is 26.5 Å². The standard InChI is InChI=1S/C17H17NO4S/c1-10-2-5-12(6-3-10)23(19,20)17-15(16(17)18)11-4-7-13-14(8-11)22-9-21-13/h2-8,15-17H,9,18H2,1H3. The molecule has 0 spiro atoms. The van der Waals surface area contributed by atoms with Gasteiger partial charge in [-0.05, 0) is 36.8 Å². The van der Waals surface area contributed by atoms with Crippen molar-refractivity contribution in [1.82, 2.24) is 0 Å². The summed E-state index contributed by atoms with van der Waals surface area (Å²) in [5.41, 5.74) is 7.99. The Morgan fingerprint density at radius 2 is 1.74 bits per heavy atom. The molecule has 1 saturated carbocycles. The first-order valence-electron chi connectivity index (χ1n) is 7.44. The number of sulfone groups is 1. The second-order valence-electron chi connectivity index (χ2n) is 6.04. The second kappa shape index (κ2) is 4.97. The Morgan fingerprint density at radius 3 is 2.48 bits per heavy atom. The van der Waals surface area contributed by atoms with Crippen molar-refractivity contribution in [2.45, 2.75) is 29.0 Å². The molecule has 0 bridgehead atoms. The number of nitrogens with two attached hydrogens (primary N) is 1. The lowest BCUT2D eigenvalue weighted by molar-refractivity contribution is 0.174. The zero-order chi connectivity index (χ0) is 16.2. The Morgan fingerprint density at radius 1 is 1.04 bits per heavy atom.